The Morgan fingerprint density at radius 3 is 2.38 bits per heavy atom. The minimum Gasteiger partial charge on any atom is -0.310 e. The number of aromatic nitrogens is 1. The van der Waals surface area contributed by atoms with E-state index in [-0.39, 0.29) is 17.2 Å². The van der Waals surface area contributed by atoms with Gasteiger partial charge in [0.2, 0.25) is 5.91 Å². The van der Waals surface area contributed by atoms with Gasteiger partial charge in [-0.25, -0.2) is 4.98 Å². The molecule has 0 aliphatic rings. The molecule has 4 heteroatoms. The predicted molar refractivity (Wildman–Crippen MR) is 85.2 cm³/mol. The number of pyridine rings is 1. The van der Waals surface area contributed by atoms with Crippen LogP contribution in [0, 0.1) is 10.8 Å². The second-order valence-corrected chi connectivity index (χ2v) is 7.65. The Labute approximate surface area is 127 Å². The predicted octanol–water partition coefficient (Wildman–Crippen LogP) is 3.78. The number of hydrogen-bond acceptors (Lipinski definition) is 3. The van der Waals surface area contributed by atoms with Crippen molar-refractivity contribution in [2.45, 2.75) is 53.9 Å². The second kappa shape index (κ2) is 6.37. The van der Waals surface area contributed by atoms with Crippen molar-refractivity contribution in [3.05, 3.63) is 23.9 Å². The van der Waals surface area contributed by atoms with Crippen LogP contribution < -0.4 is 5.32 Å². The average molecular weight is 290 g/mol. The molecule has 0 aromatic carbocycles. The lowest BCUT2D eigenvalue weighted by Gasteiger charge is -2.24. The summed E-state index contributed by atoms with van der Waals surface area (Å²) in [6.07, 6.45) is 3.27. The van der Waals surface area contributed by atoms with E-state index >= 15 is 0 Å². The quantitative estimate of drug-likeness (QED) is 0.858. The monoisotopic (exact) mass is 290 g/mol. The lowest BCUT2D eigenvalue weighted by Crippen LogP contribution is -2.29. The zero-order valence-electron chi connectivity index (χ0n) is 13.9. The van der Waals surface area contributed by atoms with E-state index in [0.717, 1.165) is 11.8 Å². The van der Waals surface area contributed by atoms with E-state index in [2.05, 4.69) is 31.1 Å². The molecule has 1 N–H and O–H groups in total. The molecule has 1 aromatic rings. The summed E-state index contributed by atoms with van der Waals surface area (Å²) in [6.45, 7) is 11.8. The summed E-state index contributed by atoms with van der Waals surface area (Å²) in [7, 11) is 0. The van der Waals surface area contributed by atoms with E-state index in [0.29, 0.717) is 12.2 Å². The van der Waals surface area contributed by atoms with Crippen LogP contribution in [0.25, 0.3) is 0 Å². The van der Waals surface area contributed by atoms with E-state index in [1.165, 1.54) is 0 Å². The van der Waals surface area contributed by atoms with Crippen LogP contribution in [0.4, 0.5) is 5.82 Å². The summed E-state index contributed by atoms with van der Waals surface area (Å²) in [5.41, 5.74) is 0.294. The van der Waals surface area contributed by atoms with Crippen molar-refractivity contribution in [1.82, 2.24) is 4.98 Å². The molecule has 4 nitrogen and oxygen atoms in total. The molecule has 0 bridgehead atoms. The van der Waals surface area contributed by atoms with Gasteiger partial charge in [-0.2, -0.15) is 0 Å². The maximum atomic E-state index is 12.1. The number of amides is 1. The highest BCUT2D eigenvalue weighted by atomic mass is 16.2. The molecule has 0 saturated heterocycles. The van der Waals surface area contributed by atoms with Crippen LogP contribution in [-0.2, 0) is 9.59 Å². The molecule has 21 heavy (non-hydrogen) atoms. The average Bonchev–Trinajstić information content (AvgIpc) is 2.34. The molecule has 1 amide bonds. The summed E-state index contributed by atoms with van der Waals surface area (Å²) in [6, 6.07) is 3.65. The van der Waals surface area contributed by atoms with E-state index in [1.54, 1.807) is 12.3 Å². The molecule has 0 aliphatic heterocycles. The molecule has 1 aromatic heterocycles. The van der Waals surface area contributed by atoms with Crippen LogP contribution in [0.2, 0.25) is 0 Å². The Morgan fingerprint density at radius 1 is 1.29 bits per heavy atom. The summed E-state index contributed by atoms with van der Waals surface area (Å²) in [4.78, 5) is 27.9. The molecule has 0 fully saturated rings. The molecule has 0 spiro atoms. The summed E-state index contributed by atoms with van der Waals surface area (Å²) >= 11 is 0. The molecule has 0 saturated carbocycles. The van der Waals surface area contributed by atoms with E-state index in [4.69, 9.17) is 0 Å². The van der Waals surface area contributed by atoms with E-state index in [9.17, 15) is 9.59 Å². The van der Waals surface area contributed by atoms with Gasteiger partial charge in [0.25, 0.3) is 0 Å². The number of nitrogens with zero attached hydrogens (tertiary/aromatic N) is 1. The molecule has 1 unspecified atom stereocenters. The Hall–Kier alpha value is -1.71. The third-order valence-corrected chi connectivity index (χ3v) is 3.15. The van der Waals surface area contributed by atoms with Gasteiger partial charge in [-0.1, -0.05) is 47.6 Å². The zero-order valence-corrected chi connectivity index (χ0v) is 13.9. The van der Waals surface area contributed by atoms with Gasteiger partial charge in [-0.3, -0.25) is 4.79 Å². The zero-order chi connectivity index (χ0) is 16.3. The van der Waals surface area contributed by atoms with Crippen LogP contribution in [0.15, 0.2) is 18.3 Å². The number of anilines is 1. The molecule has 0 aliphatic carbocycles. The van der Waals surface area contributed by atoms with Crippen molar-refractivity contribution in [1.29, 1.82) is 0 Å². The summed E-state index contributed by atoms with van der Waals surface area (Å²) < 4.78 is 0. The Morgan fingerprint density at radius 2 is 1.90 bits per heavy atom. The van der Waals surface area contributed by atoms with Crippen molar-refractivity contribution >= 4 is 18.0 Å². The van der Waals surface area contributed by atoms with Crippen molar-refractivity contribution in [3.63, 3.8) is 0 Å². The topological polar surface area (TPSA) is 59.1 Å². The Kier molecular flexibility index (Phi) is 5.26. The Bertz CT molecular complexity index is 510. The van der Waals surface area contributed by atoms with Crippen LogP contribution in [0.5, 0.6) is 0 Å². The van der Waals surface area contributed by atoms with Crippen molar-refractivity contribution in [3.8, 4) is 0 Å². The van der Waals surface area contributed by atoms with Crippen molar-refractivity contribution in [2.24, 2.45) is 10.8 Å². The molecular formula is C17H26N2O2. The minimum atomic E-state index is -0.504. The van der Waals surface area contributed by atoms with Crippen LogP contribution in [0.1, 0.15) is 59.4 Å². The molecule has 116 valence electrons. The fourth-order valence-corrected chi connectivity index (χ4v) is 2.01. The number of hydrogen-bond donors (Lipinski definition) is 1. The van der Waals surface area contributed by atoms with Crippen molar-refractivity contribution < 1.29 is 9.59 Å². The smallest absolute Gasteiger partial charge is 0.230 e. The molecule has 1 atom stereocenters. The number of carbonyl (C=O) groups excluding carboxylic acids is 2. The van der Waals surface area contributed by atoms with E-state index in [1.807, 2.05) is 26.8 Å². The number of aldehydes is 1. The first-order valence-corrected chi connectivity index (χ1v) is 7.26. The normalized spacial score (nSPS) is 13.6. The highest BCUT2D eigenvalue weighted by molar-refractivity contribution is 5.94. The Balaban J connectivity index is 3.08. The van der Waals surface area contributed by atoms with Gasteiger partial charge in [0.05, 0.1) is 0 Å². The molecule has 0 radical (unpaired) electrons. The largest absolute Gasteiger partial charge is 0.310 e. The van der Waals surface area contributed by atoms with Gasteiger partial charge in [-0.05, 0) is 17.9 Å². The fourth-order valence-electron chi connectivity index (χ4n) is 2.01. The highest BCUT2D eigenvalue weighted by Crippen LogP contribution is 2.33. The van der Waals surface area contributed by atoms with Gasteiger partial charge in [0.1, 0.15) is 12.1 Å². The maximum absolute atomic E-state index is 12.1. The SMILES string of the molecule is CC(C)(C)CC(C=O)c1cccnc1NC(=O)C(C)(C)C. The van der Waals surface area contributed by atoms with Gasteiger partial charge < -0.3 is 10.1 Å². The third kappa shape index (κ3) is 5.29. The van der Waals surface area contributed by atoms with Gasteiger partial charge >= 0.3 is 0 Å². The van der Waals surface area contributed by atoms with Crippen LogP contribution in [0.3, 0.4) is 0 Å². The van der Waals surface area contributed by atoms with Gasteiger partial charge in [0.15, 0.2) is 0 Å². The standard InChI is InChI=1S/C17H26N2O2/c1-16(2,3)10-12(11-20)13-8-7-9-18-14(13)19-15(21)17(4,5)6/h7-9,11-12H,10H2,1-6H3,(H,18,19,21). The third-order valence-electron chi connectivity index (χ3n) is 3.15. The summed E-state index contributed by atoms with van der Waals surface area (Å²) in [5.74, 6) is 0.107. The fraction of sp³-hybridized carbons (Fsp3) is 0.588. The van der Waals surface area contributed by atoms with Crippen LogP contribution in [-0.4, -0.2) is 17.2 Å². The molecule has 1 heterocycles. The van der Waals surface area contributed by atoms with Gasteiger partial charge in [0, 0.05) is 23.1 Å². The second-order valence-electron chi connectivity index (χ2n) is 7.65. The molecular weight excluding hydrogens is 264 g/mol. The lowest BCUT2D eigenvalue weighted by molar-refractivity contribution is -0.123. The van der Waals surface area contributed by atoms with E-state index < -0.39 is 5.41 Å². The maximum Gasteiger partial charge on any atom is 0.230 e. The summed E-state index contributed by atoms with van der Waals surface area (Å²) in [5, 5.41) is 2.84. The van der Waals surface area contributed by atoms with Crippen LogP contribution >= 0.6 is 0 Å². The van der Waals surface area contributed by atoms with Crippen molar-refractivity contribution in [2.75, 3.05) is 5.32 Å². The number of carbonyl (C=O) groups is 2. The first-order valence-electron chi connectivity index (χ1n) is 7.26. The first-order chi connectivity index (χ1) is 9.54. The highest BCUT2D eigenvalue weighted by Gasteiger charge is 2.26. The van der Waals surface area contributed by atoms with Gasteiger partial charge in [-0.15, -0.1) is 0 Å². The number of nitrogens with one attached hydrogen (secondary N) is 1. The lowest BCUT2D eigenvalue weighted by atomic mass is 9.82. The first kappa shape index (κ1) is 17.3. The number of rotatable bonds is 4. The minimum absolute atomic E-state index is 0.0206. The molecule has 1 rings (SSSR count).